The Hall–Kier alpha value is -1.35. The molecule has 0 fully saturated rings. The van der Waals surface area contributed by atoms with Crippen LogP contribution < -0.4 is 4.74 Å². The van der Waals surface area contributed by atoms with Crippen molar-refractivity contribution in [2.24, 2.45) is 0 Å². The Morgan fingerprint density at radius 3 is 2.94 bits per heavy atom. The van der Waals surface area contributed by atoms with E-state index in [0.717, 1.165) is 10.9 Å². The first-order valence-corrected chi connectivity index (χ1v) is 6.36. The van der Waals surface area contributed by atoms with Gasteiger partial charge in [0.15, 0.2) is 0 Å². The van der Waals surface area contributed by atoms with Crippen LogP contribution in [-0.2, 0) is 12.8 Å². The van der Waals surface area contributed by atoms with Crippen LogP contribution in [0.15, 0.2) is 23.6 Å². The van der Waals surface area contributed by atoms with Gasteiger partial charge in [0.05, 0.1) is 12.8 Å². The largest absolute Gasteiger partial charge is 0.473 e. The molecule has 1 aliphatic rings. The number of rotatable bonds is 2. The lowest BCUT2D eigenvalue weighted by Crippen LogP contribution is -1.85. The first-order valence-electron chi connectivity index (χ1n) is 5.48. The van der Waals surface area contributed by atoms with Crippen molar-refractivity contribution < 1.29 is 4.74 Å². The number of ether oxygens (including phenoxy) is 1. The fraction of sp³-hybridized carbons (Fsp3) is 0.308. The Morgan fingerprint density at radius 2 is 2.12 bits per heavy atom. The fourth-order valence-electron chi connectivity index (χ4n) is 2.21. The summed E-state index contributed by atoms with van der Waals surface area (Å²) in [5.41, 5.74) is 5.23. The predicted octanol–water partition coefficient (Wildman–Crippen LogP) is 3.31. The summed E-state index contributed by atoms with van der Waals surface area (Å²) in [6.45, 7) is 0. The van der Waals surface area contributed by atoms with E-state index in [1.54, 1.807) is 18.4 Å². The minimum atomic E-state index is 0.732. The third kappa shape index (κ3) is 1.61. The van der Waals surface area contributed by atoms with Crippen LogP contribution in [0.2, 0.25) is 0 Å². The molecule has 1 aromatic heterocycles. The lowest BCUT2D eigenvalue weighted by molar-refractivity contribution is 0.412. The van der Waals surface area contributed by atoms with E-state index >= 15 is 0 Å². The summed E-state index contributed by atoms with van der Waals surface area (Å²) in [4.78, 5) is 4.42. The van der Waals surface area contributed by atoms with Gasteiger partial charge in [-0.3, -0.25) is 0 Å². The topological polar surface area (TPSA) is 22.1 Å². The van der Waals surface area contributed by atoms with E-state index < -0.39 is 0 Å². The van der Waals surface area contributed by atoms with Gasteiger partial charge < -0.3 is 4.74 Å². The number of hydrogen-bond donors (Lipinski definition) is 0. The smallest absolute Gasteiger partial charge is 0.273 e. The maximum absolute atomic E-state index is 5.12. The van der Waals surface area contributed by atoms with Crippen molar-refractivity contribution in [2.75, 3.05) is 7.11 Å². The molecule has 0 saturated carbocycles. The molecule has 0 saturated heterocycles. The zero-order chi connectivity index (χ0) is 11.0. The van der Waals surface area contributed by atoms with Crippen LogP contribution in [0.25, 0.3) is 11.3 Å². The Labute approximate surface area is 98.9 Å². The molecule has 1 heterocycles. The number of aryl methyl sites for hydroxylation is 2. The number of nitrogens with zero attached hydrogens (tertiary/aromatic N) is 1. The van der Waals surface area contributed by atoms with Gasteiger partial charge in [-0.15, -0.1) is 0 Å². The Morgan fingerprint density at radius 1 is 1.25 bits per heavy atom. The molecule has 0 bridgehead atoms. The average molecular weight is 231 g/mol. The molecule has 0 amide bonds. The van der Waals surface area contributed by atoms with Gasteiger partial charge in [-0.05, 0) is 36.5 Å². The number of aromatic nitrogens is 1. The molecule has 16 heavy (non-hydrogen) atoms. The van der Waals surface area contributed by atoms with Crippen molar-refractivity contribution in [3.8, 4) is 16.5 Å². The molecule has 0 unspecified atom stereocenters. The highest BCUT2D eigenvalue weighted by Gasteiger charge is 2.12. The number of fused-ring (bicyclic) bond motifs is 1. The van der Waals surface area contributed by atoms with Crippen LogP contribution >= 0.6 is 11.3 Å². The SMILES string of the molecule is COc1nc(-c2ccc3c(c2)CCC3)cs1. The van der Waals surface area contributed by atoms with Gasteiger partial charge in [0.1, 0.15) is 0 Å². The quantitative estimate of drug-likeness (QED) is 0.791. The van der Waals surface area contributed by atoms with Gasteiger partial charge in [-0.25, -0.2) is 4.98 Å². The molecule has 2 nitrogen and oxygen atoms in total. The molecule has 0 spiro atoms. The number of benzene rings is 1. The summed E-state index contributed by atoms with van der Waals surface area (Å²) in [5, 5.41) is 2.78. The van der Waals surface area contributed by atoms with Gasteiger partial charge in [0.25, 0.3) is 5.19 Å². The minimum absolute atomic E-state index is 0.732. The monoisotopic (exact) mass is 231 g/mol. The molecule has 82 valence electrons. The van der Waals surface area contributed by atoms with Crippen LogP contribution in [0.5, 0.6) is 5.19 Å². The van der Waals surface area contributed by atoms with Crippen LogP contribution in [0, 0.1) is 0 Å². The molecular weight excluding hydrogens is 218 g/mol. The van der Waals surface area contributed by atoms with E-state index in [2.05, 4.69) is 28.6 Å². The minimum Gasteiger partial charge on any atom is -0.473 e. The number of methoxy groups -OCH3 is 1. The second-order valence-electron chi connectivity index (χ2n) is 4.04. The van der Waals surface area contributed by atoms with Crippen molar-refractivity contribution in [2.45, 2.75) is 19.3 Å². The summed E-state index contributed by atoms with van der Waals surface area (Å²) in [6.07, 6.45) is 3.74. The standard InChI is InChI=1S/C13H13NOS/c1-15-13-14-12(8-16-13)11-6-5-9-3-2-4-10(9)7-11/h5-8H,2-4H2,1H3. The summed E-state index contributed by atoms with van der Waals surface area (Å²) >= 11 is 1.54. The summed E-state index contributed by atoms with van der Waals surface area (Å²) < 4.78 is 5.12. The van der Waals surface area contributed by atoms with E-state index in [-0.39, 0.29) is 0 Å². The predicted molar refractivity (Wildman–Crippen MR) is 66.1 cm³/mol. The second-order valence-corrected chi connectivity index (χ2v) is 4.86. The highest BCUT2D eigenvalue weighted by molar-refractivity contribution is 7.11. The first-order chi connectivity index (χ1) is 7.86. The summed E-state index contributed by atoms with van der Waals surface area (Å²) in [5.74, 6) is 0. The molecule has 1 aromatic carbocycles. The first kappa shape index (κ1) is 9.85. The van der Waals surface area contributed by atoms with Crippen molar-refractivity contribution in [1.29, 1.82) is 0 Å². The Kier molecular flexibility index (Phi) is 2.40. The van der Waals surface area contributed by atoms with E-state index in [1.165, 1.54) is 36.0 Å². The molecule has 2 aromatic rings. The number of hydrogen-bond acceptors (Lipinski definition) is 3. The maximum Gasteiger partial charge on any atom is 0.273 e. The summed E-state index contributed by atoms with van der Waals surface area (Å²) in [7, 11) is 1.66. The van der Waals surface area contributed by atoms with E-state index in [0.29, 0.717) is 0 Å². The molecule has 3 heteroatoms. The highest BCUT2D eigenvalue weighted by Crippen LogP contribution is 2.30. The van der Waals surface area contributed by atoms with Crippen LogP contribution in [0.1, 0.15) is 17.5 Å². The van der Waals surface area contributed by atoms with Crippen molar-refractivity contribution in [1.82, 2.24) is 4.98 Å². The third-order valence-corrected chi connectivity index (χ3v) is 3.85. The lowest BCUT2D eigenvalue weighted by Gasteiger charge is -2.01. The van der Waals surface area contributed by atoms with Gasteiger partial charge in [0, 0.05) is 10.9 Å². The van der Waals surface area contributed by atoms with E-state index in [9.17, 15) is 0 Å². The second kappa shape index (κ2) is 3.91. The number of thiazole rings is 1. The molecule has 0 atom stereocenters. The normalized spacial score (nSPS) is 13.8. The third-order valence-electron chi connectivity index (χ3n) is 3.05. The Bertz CT molecular complexity index is 518. The van der Waals surface area contributed by atoms with Crippen LogP contribution in [-0.4, -0.2) is 12.1 Å². The van der Waals surface area contributed by atoms with Gasteiger partial charge in [0.2, 0.25) is 0 Å². The van der Waals surface area contributed by atoms with Gasteiger partial charge in [-0.1, -0.05) is 23.5 Å². The molecule has 1 aliphatic carbocycles. The van der Waals surface area contributed by atoms with Gasteiger partial charge in [-0.2, -0.15) is 0 Å². The summed E-state index contributed by atoms with van der Waals surface area (Å²) in [6, 6.07) is 6.68. The van der Waals surface area contributed by atoms with Crippen LogP contribution in [0.4, 0.5) is 0 Å². The van der Waals surface area contributed by atoms with Crippen molar-refractivity contribution in [3.05, 3.63) is 34.7 Å². The molecule has 3 rings (SSSR count). The van der Waals surface area contributed by atoms with Gasteiger partial charge >= 0.3 is 0 Å². The van der Waals surface area contributed by atoms with Crippen molar-refractivity contribution >= 4 is 11.3 Å². The maximum atomic E-state index is 5.12. The van der Waals surface area contributed by atoms with Crippen molar-refractivity contribution in [3.63, 3.8) is 0 Å². The fourth-order valence-corrected chi connectivity index (χ4v) is 2.86. The molecule has 0 N–H and O–H groups in total. The zero-order valence-corrected chi connectivity index (χ0v) is 10.0. The van der Waals surface area contributed by atoms with Crippen LogP contribution in [0.3, 0.4) is 0 Å². The van der Waals surface area contributed by atoms with E-state index in [4.69, 9.17) is 4.74 Å². The lowest BCUT2D eigenvalue weighted by atomic mass is 10.1. The molecule has 0 radical (unpaired) electrons. The molecule has 0 aliphatic heterocycles. The van der Waals surface area contributed by atoms with E-state index in [1.807, 2.05) is 0 Å². The average Bonchev–Trinajstić information content (AvgIpc) is 2.96. The molecular formula is C13H13NOS. The highest BCUT2D eigenvalue weighted by atomic mass is 32.1. The Balaban J connectivity index is 2.00. The zero-order valence-electron chi connectivity index (χ0n) is 9.19.